The maximum Gasteiger partial charge on any atom is 0.259 e. The molecule has 0 spiro atoms. The molecule has 25 heavy (non-hydrogen) atoms. The molecule has 2 aromatic carbocycles. The van der Waals surface area contributed by atoms with Crippen LogP contribution in [0.25, 0.3) is 10.9 Å². The second-order valence-corrected chi connectivity index (χ2v) is 5.86. The number of aromatic amines is 2. The largest absolute Gasteiger partial charge is 0.352 e. The quantitative estimate of drug-likeness (QED) is 0.626. The van der Waals surface area contributed by atoms with Gasteiger partial charge in [-0.05, 0) is 54.5 Å². The summed E-state index contributed by atoms with van der Waals surface area (Å²) < 4.78 is 26.4. The Hall–Kier alpha value is -2.87. The second kappa shape index (κ2) is 6.94. The zero-order valence-corrected chi connectivity index (χ0v) is 13.7. The van der Waals surface area contributed by atoms with Crippen molar-refractivity contribution in [1.82, 2.24) is 15.3 Å². The summed E-state index contributed by atoms with van der Waals surface area (Å²) in [5.74, 6) is -1.67. The van der Waals surface area contributed by atoms with Crippen LogP contribution in [0, 0.1) is 16.4 Å². The molecule has 0 unspecified atom stereocenters. The zero-order chi connectivity index (χ0) is 18.0. The smallest absolute Gasteiger partial charge is 0.259 e. The van der Waals surface area contributed by atoms with Crippen molar-refractivity contribution in [3.05, 3.63) is 74.3 Å². The van der Waals surface area contributed by atoms with Crippen molar-refractivity contribution in [3.63, 3.8) is 0 Å². The number of benzene rings is 2. The molecule has 0 atom stereocenters. The minimum Gasteiger partial charge on any atom is -0.352 e. The normalized spacial score (nSPS) is 10.8. The highest BCUT2D eigenvalue weighted by atomic mass is 32.1. The van der Waals surface area contributed by atoms with E-state index in [1.807, 2.05) is 0 Å². The minimum atomic E-state index is -0.656. The van der Waals surface area contributed by atoms with Crippen LogP contribution in [0.1, 0.15) is 15.9 Å². The topological polar surface area (TPSA) is 77.8 Å². The zero-order valence-electron chi connectivity index (χ0n) is 12.9. The lowest BCUT2D eigenvalue weighted by atomic mass is 10.1. The van der Waals surface area contributed by atoms with Gasteiger partial charge in [0.25, 0.3) is 11.5 Å². The van der Waals surface area contributed by atoms with Gasteiger partial charge in [0.2, 0.25) is 0 Å². The molecule has 0 saturated carbocycles. The van der Waals surface area contributed by atoms with Crippen molar-refractivity contribution in [3.8, 4) is 0 Å². The van der Waals surface area contributed by atoms with Gasteiger partial charge in [-0.25, -0.2) is 8.78 Å². The van der Waals surface area contributed by atoms with Crippen molar-refractivity contribution in [1.29, 1.82) is 0 Å². The fourth-order valence-electron chi connectivity index (χ4n) is 2.49. The lowest BCUT2D eigenvalue weighted by Crippen LogP contribution is -2.25. The van der Waals surface area contributed by atoms with E-state index in [4.69, 9.17) is 12.2 Å². The van der Waals surface area contributed by atoms with E-state index < -0.39 is 11.6 Å². The lowest BCUT2D eigenvalue weighted by molar-refractivity contribution is 0.0954. The molecule has 128 valence electrons. The lowest BCUT2D eigenvalue weighted by Gasteiger charge is -2.07. The predicted molar refractivity (Wildman–Crippen MR) is 92.1 cm³/mol. The Morgan fingerprint density at radius 3 is 2.52 bits per heavy atom. The average Bonchev–Trinajstić information content (AvgIpc) is 2.53. The number of hydrogen-bond acceptors (Lipinski definition) is 3. The van der Waals surface area contributed by atoms with Gasteiger partial charge < -0.3 is 10.3 Å². The Labute approximate surface area is 145 Å². The van der Waals surface area contributed by atoms with Gasteiger partial charge >= 0.3 is 0 Å². The maximum absolute atomic E-state index is 13.1. The van der Waals surface area contributed by atoms with Gasteiger partial charge in [-0.3, -0.25) is 14.6 Å². The summed E-state index contributed by atoms with van der Waals surface area (Å²) in [5, 5.41) is 3.06. The van der Waals surface area contributed by atoms with Crippen LogP contribution in [0.2, 0.25) is 0 Å². The molecule has 0 radical (unpaired) electrons. The molecule has 3 rings (SSSR count). The molecule has 3 aromatic rings. The summed E-state index contributed by atoms with van der Waals surface area (Å²) >= 11 is 4.91. The summed E-state index contributed by atoms with van der Waals surface area (Å²) in [6.45, 7) is 0.213. The molecule has 0 saturated heterocycles. The molecule has 1 amide bonds. The first-order valence-electron chi connectivity index (χ1n) is 7.42. The Bertz CT molecular complexity index is 1060. The molecule has 5 nitrogen and oxygen atoms in total. The highest BCUT2D eigenvalue weighted by Crippen LogP contribution is 2.11. The number of nitrogens with one attached hydrogen (secondary N) is 3. The van der Waals surface area contributed by atoms with Crippen molar-refractivity contribution < 1.29 is 13.6 Å². The number of amides is 1. The molecule has 0 aliphatic carbocycles. The van der Waals surface area contributed by atoms with Gasteiger partial charge in [-0.2, -0.15) is 0 Å². The van der Waals surface area contributed by atoms with Crippen LogP contribution in [-0.2, 0) is 6.42 Å². The van der Waals surface area contributed by atoms with Crippen molar-refractivity contribution in [2.45, 2.75) is 6.42 Å². The molecule has 0 bridgehead atoms. The molecular formula is C17H13F2N3O2S. The third-order valence-electron chi connectivity index (χ3n) is 3.62. The van der Waals surface area contributed by atoms with E-state index in [1.54, 1.807) is 0 Å². The molecule has 1 aromatic heterocycles. The number of carbonyl (C=O) groups is 1. The van der Waals surface area contributed by atoms with E-state index >= 15 is 0 Å². The van der Waals surface area contributed by atoms with Gasteiger partial charge in [0.1, 0.15) is 11.6 Å². The van der Waals surface area contributed by atoms with Crippen molar-refractivity contribution >= 4 is 29.0 Å². The summed E-state index contributed by atoms with van der Waals surface area (Å²) in [5.41, 5.74) is 0.911. The van der Waals surface area contributed by atoms with E-state index in [1.165, 1.54) is 30.3 Å². The molecular weight excluding hydrogens is 348 g/mol. The van der Waals surface area contributed by atoms with Gasteiger partial charge in [-0.15, -0.1) is 0 Å². The van der Waals surface area contributed by atoms with Crippen LogP contribution in [0.5, 0.6) is 0 Å². The SMILES string of the molecule is O=C(NCCc1cc(F)cc(F)c1)c1ccc2c(=O)[nH]c(=S)[nH]c2c1. The summed E-state index contributed by atoms with van der Waals surface area (Å²) in [6, 6.07) is 7.80. The number of H-pyrrole nitrogens is 2. The Morgan fingerprint density at radius 2 is 1.80 bits per heavy atom. The first-order chi connectivity index (χ1) is 11.9. The first-order valence-corrected chi connectivity index (χ1v) is 7.83. The highest BCUT2D eigenvalue weighted by Gasteiger charge is 2.08. The fourth-order valence-corrected chi connectivity index (χ4v) is 2.69. The molecule has 0 aliphatic rings. The number of hydrogen-bond donors (Lipinski definition) is 3. The van der Waals surface area contributed by atoms with Crippen LogP contribution >= 0.6 is 12.2 Å². The first kappa shape index (κ1) is 17.0. The van der Waals surface area contributed by atoms with Crippen molar-refractivity contribution in [2.75, 3.05) is 6.54 Å². The van der Waals surface area contributed by atoms with Crippen LogP contribution in [0.15, 0.2) is 41.2 Å². The summed E-state index contributed by atoms with van der Waals surface area (Å²) in [6.07, 6.45) is 0.288. The van der Waals surface area contributed by atoms with Crippen LogP contribution in [-0.4, -0.2) is 22.4 Å². The third-order valence-corrected chi connectivity index (χ3v) is 3.83. The van der Waals surface area contributed by atoms with E-state index in [0.29, 0.717) is 22.0 Å². The van der Waals surface area contributed by atoms with Gasteiger partial charge in [-0.1, -0.05) is 0 Å². The van der Waals surface area contributed by atoms with E-state index in [2.05, 4.69) is 15.3 Å². The number of halogens is 2. The van der Waals surface area contributed by atoms with Crippen LogP contribution in [0.3, 0.4) is 0 Å². The number of aromatic nitrogens is 2. The Kier molecular flexibility index (Phi) is 4.71. The van der Waals surface area contributed by atoms with E-state index in [0.717, 1.165) is 6.07 Å². The maximum atomic E-state index is 13.1. The average molecular weight is 361 g/mol. The summed E-state index contributed by atoms with van der Waals surface area (Å²) in [7, 11) is 0. The predicted octanol–water partition coefficient (Wildman–Crippen LogP) is 2.84. The fraction of sp³-hybridized carbons (Fsp3) is 0.118. The Balaban J connectivity index is 1.72. The van der Waals surface area contributed by atoms with E-state index in [-0.39, 0.29) is 29.2 Å². The second-order valence-electron chi connectivity index (χ2n) is 5.45. The molecule has 0 aliphatic heterocycles. The monoisotopic (exact) mass is 361 g/mol. The third kappa shape index (κ3) is 3.97. The standard InChI is InChI=1S/C17H13F2N3O2S/c18-11-5-9(6-12(19)8-11)3-4-20-15(23)10-1-2-13-14(7-10)21-17(25)22-16(13)24/h1-2,5-8H,3-4H2,(H,20,23)(H2,21,22,24,25). The Morgan fingerprint density at radius 1 is 1.08 bits per heavy atom. The van der Waals surface area contributed by atoms with Crippen LogP contribution in [0.4, 0.5) is 8.78 Å². The van der Waals surface area contributed by atoms with Crippen LogP contribution < -0.4 is 10.9 Å². The number of rotatable bonds is 4. The highest BCUT2D eigenvalue weighted by molar-refractivity contribution is 7.71. The van der Waals surface area contributed by atoms with Gasteiger partial charge in [0.15, 0.2) is 4.77 Å². The minimum absolute atomic E-state index is 0.170. The van der Waals surface area contributed by atoms with E-state index in [9.17, 15) is 18.4 Å². The molecule has 1 heterocycles. The number of carbonyl (C=O) groups excluding carboxylic acids is 1. The van der Waals surface area contributed by atoms with Gasteiger partial charge in [0, 0.05) is 18.2 Å². The number of fused-ring (bicyclic) bond motifs is 1. The van der Waals surface area contributed by atoms with Gasteiger partial charge in [0.05, 0.1) is 10.9 Å². The molecule has 3 N–H and O–H groups in total. The molecule has 0 fully saturated rings. The summed E-state index contributed by atoms with van der Waals surface area (Å²) in [4.78, 5) is 29.2. The molecule has 8 heteroatoms. The van der Waals surface area contributed by atoms with Crippen molar-refractivity contribution in [2.24, 2.45) is 0 Å².